The Morgan fingerprint density at radius 2 is 2.18 bits per heavy atom. The second kappa shape index (κ2) is 5.56. The molecule has 0 fully saturated rings. The predicted octanol–water partition coefficient (Wildman–Crippen LogP) is 1.61. The van der Waals surface area contributed by atoms with E-state index in [4.69, 9.17) is 0 Å². The number of carbonyl (C=O) groups excluding carboxylic acids is 1. The number of aliphatic hydroxyl groups excluding tert-OH is 1. The second-order valence-corrected chi connectivity index (χ2v) is 4.30. The van der Waals surface area contributed by atoms with E-state index in [1.54, 1.807) is 24.5 Å². The quantitative estimate of drug-likeness (QED) is 0.864. The average Bonchev–Trinajstić information content (AvgIpc) is 2.90. The minimum absolute atomic E-state index is 0.206. The molecule has 0 saturated carbocycles. The molecule has 0 radical (unpaired) electrons. The van der Waals surface area contributed by atoms with E-state index in [1.807, 2.05) is 16.8 Å². The fraction of sp³-hybridized carbons (Fsp3) is 0.167. The molecule has 0 bridgehead atoms. The summed E-state index contributed by atoms with van der Waals surface area (Å²) in [5.74, 6) is -0.207. The smallest absolute Gasteiger partial charge is 0.251 e. The van der Waals surface area contributed by atoms with Gasteiger partial charge in [0.1, 0.15) is 0 Å². The monoisotopic (exact) mass is 248 g/mol. The zero-order valence-electron chi connectivity index (χ0n) is 9.04. The summed E-state index contributed by atoms with van der Waals surface area (Å²) in [6.45, 7) is 0.206. The highest BCUT2D eigenvalue weighted by molar-refractivity contribution is 7.07. The Kier molecular flexibility index (Phi) is 3.85. The van der Waals surface area contributed by atoms with Crippen molar-refractivity contribution in [3.05, 3.63) is 52.5 Å². The van der Waals surface area contributed by atoms with Gasteiger partial charge < -0.3 is 10.4 Å². The van der Waals surface area contributed by atoms with E-state index in [0.29, 0.717) is 5.56 Å². The number of thiophene rings is 1. The average molecular weight is 248 g/mol. The SMILES string of the molecule is O=C(NCC(O)c1ccsc1)c1ccncc1. The summed E-state index contributed by atoms with van der Waals surface area (Å²) >= 11 is 1.52. The number of nitrogens with zero attached hydrogens (tertiary/aromatic N) is 1. The van der Waals surface area contributed by atoms with Crippen LogP contribution in [0.4, 0.5) is 0 Å². The standard InChI is InChI=1S/C12H12N2O2S/c15-11(10-3-6-17-8-10)7-14-12(16)9-1-4-13-5-2-9/h1-6,8,11,15H,7H2,(H,14,16). The maximum Gasteiger partial charge on any atom is 0.251 e. The van der Waals surface area contributed by atoms with Gasteiger partial charge in [0.2, 0.25) is 0 Å². The van der Waals surface area contributed by atoms with E-state index < -0.39 is 6.10 Å². The molecule has 2 rings (SSSR count). The van der Waals surface area contributed by atoms with Crippen LogP contribution < -0.4 is 5.32 Å². The first-order valence-corrected chi connectivity index (χ1v) is 6.10. The lowest BCUT2D eigenvalue weighted by Crippen LogP contribution is -2.28. The predicted molar refractivity (Wildman–Crippen MR) is 65.8 cm³/mol. The lowest BCUT2D eigenvalue weighted by Gasteiger charge is -2.10. The van der Waals surface area contributed by atoms with Gasteiger partial charge in [-0.25, -0.2) is 0 Å². The first-order valence-electron chi connectivity index (χ1n) is 5.16. The van der Waals surface area contributed by atoms with Crippen molar-refractivity contribution in [1.29, 1.82) is 0 Å². The van der Waals surface area contributed by atoms with Crippen molar-refractivity contribution in [3.8, 4) is 0 Å². The van der Waals surface area contributed by atoms with E-state index in [0.717, 1.165) is 5.56 Å². The molecule has 0 aromatic carbocycles. The molecule has 17 heavy (non-hydrogen) atoms. The molecule has 2 heterocycles. The van der Waals surface area contributed by atoms with Gasteiger partial charge in [0.05, 0.1) is 6.10 Å². The van der Waals surface area contributed by atoms with Crippen LogP contribution in [0.25, 0.3) is 0 Å². The number of carbonyl (C=O) groups is 1. The first-order chi connectivity index (χ1) is 8.27. The molecule has 0 aliphatic heterocycles. The van der Waals surface area contributed by atoms with Crippen LogP contribution in [0.1, 0.15) is 22.0 Å². The Labute approximate surface area is 103 Å². The maximum absolute atomic E-state index is 11.7. The summed E-state index contributed by atoms with van der Waals surface area (Å²) < 4.78 is 0. The largest absolute Gasteiger partial charge is 0.387 e. The van der Waals surface area contributed by atoms with Crippen LogP contribution in [-0.2, 0) is 0 Å². The molecule has 5 heteroatoms. The Bertz CT molecular complexity index is 471. The van der Waals surface area contributed by atoms with Crippen molar-refractivity contribution in [2.75, 3.05) is 6.54 Å². The number of aromatic nitrogens is 1. The van der Waals surface area contributed by atoms with Crippen LogP contribution in [0.15, 0.2) is 41.4 Å². The molecule has 0 aliphatic carbocycles. The third-order valence-electron chi connectivity index (χ3n) is 2.33. The summed E-state index contributed by atoms with van der Waals surface area (Å²) in [6, 6.07) is 5.10. The summed E-state index contributed by atoms with van der Waals surface area (Å²) in [6.07, 6.45) is 2.46. The van der Waals surface area contributed by atoms with Crippen LogP contribution in [-0.4, -0.2) is 22.5 Å². The Balaban J connectivity index is 1.89. The molecule has 0 saturated heterocycles. The van der Waals surface area contributed by atoms with Crippen molar-refractivity contribution in [2.45, 2.75) is 6.10 Å². The molecule has 0 aliphatic rings. The number of amides is 1. The number of pyridine rings is 1. The van der Waals surface area contributed by atoms with E-state index >= 15 is 0 Å². The highest BCUT2D eigenvalue weighted by atomic mass is 32.1. The Hall–Kier alpha value is -1.72. The van der Waals surface area contributed by atoms with Gasteiger partial charge in [0.25, 0.3) is 5.91 Å². The highest BCUT2D eigenvalue weighted by Crippen LogP contribution is 2.15. The van der Waals surface area contributed by atoms with Gasteiger partial charge >= 0.3 is 0 Å². The van der Waals surface area contributed by atoms with Gasteiger partial charge in [-0.15, -0.1) is 0 Å². The van der Waals surface area contributed by atoms with E-state index in [1.165, 1.54) is 11.3 Å². The van der Waals surface area contributed by atoms with Gasteiger partial charge in [-0.1, -0.05) is 0 Å². The number of aliphatic hydroxyl groups is 1. The zero-order valence-corrected chi connectivity index (χ0v) is 9.85. The third kappa shape index (κ3) is 3.12. The van der Waals surface area contributed by atoms with Crippen LogP contribution in [0.2, 0.25) is 0 Å². The molecule has 2 N–H and O–H groups in total. The molecule has 1 unspecified atom stereocenters. The second-order valence-electron chi connectivity index (χ2n) is 3.52. The Morgan fingerprint density at radius 3 is 2.82 bits per heavy atom. The van der Waals surface area contributed by atoms with Gasteiger partial charge in [-0.05, 0) is 34.5 Å². The lowest BCUT2D eigenvalue weighted by atomic mass is 10.2. The van der Waals surface area contributed by atoms with Crippen LogP contribution in [0, 0.1) is 0 Å². The number of hydrogen-bond acceptors (Lipinski definition) is 4. The van der Waals surface area contributed by atoms with Crippen molar-refractivity contribution in [1.82, 2.24) is 10.3 Å². The number of nitrogens with one attached hydrogen (secondary N) is 1. The molecular weight excluding hydrogens is 236 g/mol. The summed E-state index contributed by atoms with van der Waals surface area (Å²) in [5, 5.41) is 16.2. The molecule has 0 spiro atoms. The summed E-state index contributed by atoms with van der Waals surface area (Å²) in [5.41, 5.74) is 1.36. The normalized spacial score (nSPS) is 12.1. The minimum atomic E-state index is -0.660. The first kappa shape index (κ1) is 11.8. The Morgan fingerprint density at radius 1 is 1.41 bits per heavy atom. The summed E-state index contributed by atoms with van der Waals surface area (Å²) in [7, 11) is 0. The van der Waals surface area contributed by atoms with Crippen molar-refractivity contribution >= 4 is 17.2 Å². The minimum Gasteiger partial charge on any atom is -0.387 e. The molecule has 88 valence electrons. The van der Waals surface area contributed by atoms with Crippen molar-refractivity contribution < 1.29 is 9.90 Å². The topological polar surface area (TPSA) is 62.2 Å². The maximum atomic E-state index is 11.7. The van der Waals surface area contributed by atoms with E-state index in [9.17, 15) is 9.90 Å². The van der Waals surface area contributed by atoms with Gasteiger partial charge in [-0.2, -0.15) is 11.3 Å². The molecule has 2 aromatic heterocycles. The summed E-state index contributed by atoms with van der Waals surface area (Å²) in [4.78, 5) is 15.5. The van der Waals surface area contributed by atoms with Crippen LogP contribution in [0.3, 0.4) is 0 Å². The van der Waals surface area contributed by atoms with Crippen molar-refractivity contribution in [2.24, 2.45) is 0 Å². The van der Waals surface area contributed by atoms with Gasteiger partial charge in [-0.3, -0.25) is 9.78 Å². The van der Waals surface area contributed by atoms with Crippen LogP contribution >= 0.6 is 11.3 Å². The fourth-order valence-corrected chi connectivity index (χ4v) is 2.08. The van der Waals surface area contributed by atoms with Gasteiger partial charge in [0, 0.05) is 24.5 Å². The van der Waals surface area contributed by atoms with E-state index in [-0.39, 0.29) is 12.5 Å². The van der Waals surface area contributed by atoms with Crippen LogP contribution in [0.5, 0.6) is 0 Å². The molecular formula is C12H12N2O2S. The third-order valence-corrected chi connectivity index (χ3v) is 3.03. The molecule has 1 atom stereocenters. The van der Waals surface area contributed by atoms with Crippen molar-refractivity contribution in [3.63, 3.8) is 0 Å². The number of hydrogen-bond donors (Lipinski definition) is 2. The lowest BCUT2D eigenvalue weighted by molar-refractivity contribution is 0.0916. The molecule has 1 amide bonds. The molecule has 2 aromatic rings. The zero-order chi connectivity index (χ0) is 12.1. The highest BCUT2D eigenvalue weighted by Gasteiger charge is 2.10. The van der Waals surface area contributed by atoms with Gasteiger partial charge in [0.15, 0.2) is 0 Å². The molecule has 4 nitrogen and oxygen atoms in total. The fourth-order valence-electron chi connectivity index (χ4n) is 1.38. The van der Waals surface area contributed by atoms with E-state index in [2.05, 4.69) is 10.3 Å². The number of rotatable bonds is 4.